The number of ether oxygens (including phenoxy) is 1. The molecule has 0 atom stereocenters. The molecule has 0 N–H and O–H groups in total. The van der Waals surface area contributed by atoms with Crippen molar-refractivity contribution >= 4 is 23.0 Å². The van der Waals surface area contributed by atoms with Gasteiger partial charge in [0.2, 0.25) is 0 Å². The second-order valence-electron chi connectivity index (χ2n) is 4.63. The van der Waals surface area contributed by atoms with E-state index in [0.717, 1.165) is 37.2 Å². The number of methoxy groups -OCH3 is 1. The maximum absolute atomic E-state index is 10.8. The van der Waals surface area contributed by atoms with Gasteiger partial charge < -0.3 is 9.64 Å². The fourth-order valence-corrected chi connectivity index (χ4v) is 2.65. The number of nitro groups is 1. The molecule has 1 fully saturated rings. The third kappa shape index (κ3) is 3.16. The first-order valence-electron chi connectivity index (χ1n) is 6.26. The van der Waals surface area contributed by atoms with E-state index in [4.69, 9.17) is 16.3 Å². The number of non-ortho nitro benzene ring substituents is 1. The molecule has 1 aliphatic rings. The molecule has 0 spiro atoms. The van der Waals surface area contributed by atoms with Crippen molar-refractivity contribution in [3.63, 3.8) is 0 Å². The summed E-state index contributed by atoms with van der Waals surface area (Å²) in [5, 5.41) is 10.8. The van der Waals surface area contributed by atoms with Gasteiger partial charge in [-0.2, -0.15) is 0 Å². The molecule has 0 saturated carbocycles. The fraction of sp³-hybridized carbons (Fsp3) is 0.538. The molecule has 0 aliphatic carbocycles. The van der Waals surface area contributed by atoms with Gasteiger partial charge in [-0.05, 0) is 24.5 Å². The SMILES string of the molecule is COC1CCN(c2ccc([N+](=O)[O-])cc2CCl)CC1. The molecular weight excluding hydrogens is 268 g/mol. The molecule has 19 heavy (non-hydrogen) atoms. The van der Waals surface area contributed by atoms with Gasteiger partial charge in [0.1, 0.15) is 0 Å². The molecular formula is C13H17ClN2O3. The molecule has 1 aliphatic heterocycles. The highest BCUT2D eigenvalue weighted by atomic mass is 35.5. The Labute approximate surface area is 117 Å². The summed E-state index contributed by atoms with van der Waals surface area (Å²) in [5.74, 6) is 0.279. The van der Waals surface area contributed by atoms with Gasteiger partial charge in [-0.3, -0.25) is 10.1 Å². The lowest BCUT2D eigenvalue weighted by Crippen LogP contribution is -2.37. The lowest BCUT2D eigenvalue weighted by molar-refractivity contribution is -0.384. The van der Waals surface area contributed by atoms with Crippen molar-refractivity contribution in [3.05, 3.63) is 33.9 Å². The molecule has 5 nitrogen and oxygen atoms in total. The third-order valence-electron chi connectivity index (χ3n) is 3.53. The lowest BCUT2D eigenvalue weighted by Gasteiger charge is -2.33. The van der Waals surface area contributed by atoms with Crippen molar-refractivity contribution in [1.82, 2.24) is 0 Å². The van der Waals surface area contributed by atoms with Gasteiger partial charge in [0.15, 0.2) is 0 Å². The van der Waals surface area contributed by atoms with Crippen LogP contribution in [0.3, 0.4) is 0 Å². The second-order valence-corrected chi connectivity index (χ2v) is 4.89. The molecule has 104 valence electrons. The highest BCUT2D eigenvalue weighted by Crippen LogP contribution is 2.29. The minimum absolute atomic E-state index is 0.0891. The number of piperidine rings is 1. The van der Waals surface area contributed by atoms with Gasteiger partial charge in [-0.15, -0.1) is 11.6 Å². The zero-order valence-electron chi connectivity index (χ0n) is 10.8. The van der Waals surface area contributed by atoms with Crippen LogP contribution >= 0.6 is 11.6 Å². The number of benzene rings is 1. The van der Waals surface area contributed by atoms with E-state index in [1.165, 1.54) is 6.07 Å². The maximum Gasteiger partial charge on any atom is 0.269 e. The van der Waals surface area contributed by atoms with Gasteiger partial charge in [-0.25, -0.2) is 0 Å². The molecule has 0 aromatic heterocycles. The van der Waals surface area contributed by atoms with E-state index in [1.807, 2.05) is 0 Å². The average Bonchev–Trinajstić information content (AvgIpc) is 2.46. The van der Waals surface area contributed by atoms with Gasteiger partial charge in [-0.1, -0.05) is 0 Å². The minimum atomic E-state index is -0.392. The monoisotopic (exact) mass is 284 g/mol. The molecule has 0 amide bonds. The largest absolute Gasteiger partial charge is 0.381 e. The summed E-state index contributed by atoms with van der Waals surface area (Å²) in [6, 6.07) is 4.89. The number of nitrogens with zero attached hydrogens (tertiary/aromatic N) is 2. The van der Waals surface area contributed by atoms with Crippen LogP contribution in [0.1, 0.15) is 18.4 Å². The molecule has 1 saturated heterocycles. The summed E-state index contributed by atoms with van der Waals surface area (Å²) in [6.07, 6.45) is 2.25. The number of rotatable bonds is 4. The summed E-state index contributed by atoms with van der Waals surface area (Å²) < 4.78 is 5.34. The van der Waals surface area contributed by atoms with E-state index in [0.29, 0.717) is 6.10 Å². The molecule has 1 heterocycles. The smallest absolute Gasteiger partial charge is 0.269 e. The average molecular weight is 285 g/mol. The molecule has 2 rings (SSSR count). The molecule has 1 aromatic rings. The van der Waals surface area contributed by atoms with Gasteiger partial charge in [0, 0.05) is 43.9 Å². The van der Waals surface area contributed by atoms with Gasteiger partial charge in [0.05, 0.1) is 11.0 Å². The normalized spacial score (nSPS) is 16.6. The van der Waals surface area contributed by atoms with Crippen LogP contribution in [-0.2, 0) is 10.6 Å². The molecule has 1 aromatic carbocycles. The first-order valence-corrected chi connectivity index (χ1v) is 6.80. The van der Waals surface area contributed by atoms with Gasteiger partial charge >= 0.3 is 0 Å². The standard InChI is InChI=1S/C13H17ClN2O3/c1-19-12-4-6-15(7-5-12)13-3-2-11(16(17)18)8-10(13)9-14/h2-3,8,12H,4-7,9H2,1H3. The predicted molar refractivity (Wildman–Crippen MR) is 74.9 cm³/mol. The van der Waals surface area contributed by atoms with E-state index in [-0.39, 0.29) is 11.6 Å². The van der Waals surface area contributed by atoms with Crippen LogP contribution in [0.4, 0.5) is 11.4 Å². The van der Waals surface area contributed by atoms with Gasteiger partial charge in [0.25, 0.3) is 5.69 Å². The highest BCUT2D eigenvalue weighted by molar-refractivity contribution is 6.17. The Balaban J connectivity index is 2.18. The summed E-state index contributed by atoms with van der Waals surface area (Å²) in [7, 11) is 1.73. The Kier molecular flexibility index (Phi) is 4.61. The third-order valence-corrected chi connectivity index (χ3v) is 3.82. The molecule has 0 bridgehead atoms. The Morgan fingerprint density at radius 3 is 2.68 bits per heavy atom. The Morgan fingerprint density at radius 2 is 2.16 bits per heavy atom. The maximum atomic E-state index is 10.8. The molecule has 0 radical (unpaired) electrons. The predicted octanol–water partition coefficient (Wildman–Crippen LogP) is 2.95. The Hall–Kier alpha value is -1.33. The number of anilines is 1. The second kappa shape index (κ2) is 6.21. The Morgan fingerprint density at radius 1 is 1.47 bits per heavy atom. The van der Waals surface area contributed by atoms with E-state index >= 15 is 0 Å². The first kappa shape index (κ1) is 14.1. The lowest BCUT2D eigenvalue weighted by atomic mass is 10.0. The van der Waals surface area contributed by atoms with Crippen LogP contribution in [0.2, 0.25) is 0 Å². The van der Waals surface area contributed by atoms with Crippen LogP contribution in [-0.4, -0.2) is 31.2 Å². The number of hydrogen-bond donors (Lipinski definition) is 0. The van der Waals surface area contributed by atoms with E-state index in [1.54, 1.807) is 19.2 Å². The van der Waals surface area contributed by atoms with Crippen molar-refractivity contribution < 1.29 is 9.66 Å². The van der Waals surface area contributed by atoms with Crippen molar-refractivity contribution in [2.45, 2.75) is 24.8 Å². The van der Waals surface area contributed by atoms with Crippen molar-refractivity contribution in [2.75, 3.05) is 25.1 Å². The topological polar surface area (TPSA) is 55.6 Å². The summed E-state index contributed by atoms with van der Waals surface area (Å²) in [5.41, 5.74) is 1.90. The molecule has 0 unspecified atom stereocenters. The van der Waals surface area contributed by atoms with Crippen LogP contribution in [0.15, 0.2) is 18.2 Å². The first-order chi connectivity index (χ1) is 9.15. The fourth-order valence-electron chi connectivity index (χ4n) is 2.43. The van der Waals surface area contributed by atoms with Crippen LogP contribution in [0.25, 0.3) is 0 Å². The summed E-state index contributed by atoms with van der Waals surface area (Å²) in [4.78, 5) is 12.6. The van der Waals surface area contributed by atoms with Crippen molar-refractivity contribution in [2.24, 2.45) is 0 Å². The minimum Gasteiger partial charge on any atom is -0.381 e. The van der Waals surface area contributed by atoms with E-state index in [9.17, 15) is 10.1 Å². The van der Waals surface area contributed by atoms with Crippen LogP contribution < -0.4 is 4.90 Å². The van der Waals surface area contributed by atoms with Crippen molar-refractivity contribution in [3.8, 4) is 0 Å². The van der Waals surface area contributed by atoms with Crippen LogP contribution in [0, 0.1) is 10.1 Å². The zero-order valence-corrected chi connectivity index (χ0v) is 11.6. The number of nitro benzene ring substituents is 1. The number of alkyl halides is 1. The zero-order chi connectivity index (χ0) is 13.8. The van der Waals surface area contributed by atoms with E-state index in [2.05, 4.69) is 4.90 Å². The summed E-state index contributed by atoms with van der Waals surface area (Å²) in [6.45, 7) is 1.78. The number of hydrogen-bond acceptors (Lipinski definition) is 4. The molecule has 6 heteroatoms. The number of halogens is 1. The van der Waals surface area contributed by atoms with Crippen molar-refractivity contribution in [1.29, 1.82) is 0 Å². The highest BCUT2D eigenvalue weighted by Gasteiger charge is 2.21. The van der Waals surface area contributed by atoms with E-state index < -0.39 is 4.92 Å². The summed E-state index contributed by atoms with van der Waals surface area (Å²) >= 11 is 5.91. The Bertz CT molecular complexity index is 459. The quantitative estimate of drug-likeness (QED) is 0.484. The van der Waals surface area contributed by atoms with Crippen LogP contribution in [0.5, 0.6) is 0 Å².